The zero-order valence-corrected chi connectivity index (χ0v) is 14.5. The summed E-state index contributed by atoms with van der Waals surface area (Å²) in [5.74, 6) is -1.88. The number of rotatable bonds is 5. The fourth-order valence-electron chi connectivity index (χ4n) is 2.50. The quantitative estimate of drug-likeness (QED) is 0.579. The average Bonchev–Trinajstić information content (AvgIpc) is 2.69. The molecule has 3 rings (SSSR count). The topological polar surface area (TPSA) is 132 Å². The molecule has 0 fully saturated rings. The van der Waals surface area contributed by atoms with E-state index in [1.54, 1.807) is 24.3 Å². The molecular formula is C20H22N4O4. The van der Waals surface area contributed by atoms with Gasteiger partial charge in [-0.1, -0.05) is 26.2 Å². The van der Waals surface area contributed by atoms with Crippen LogP contribution in [0.3, 0.4) is 0 Å². The lowest BCUT2D eigenvalue weighted by atomic mass is 9.97. The summed E-state index contributed by atoms with van der Waals surface area (Å²) in [5.41, 5.74) is 1.65. The Morgan fingerprint density at radius 3 is 2.43 bits per heavy atom. The summed E-state index contributed by atoms with van der Waals surface area (Å²) in [5, 5.41) is 38.2. The van der Waals surface area contributed by atoms with Crippen molar-refractivity contribution in [3.05, 3.63) is 77.7 Å². The Labute approximate surface area is 162 Å². The molecule has 0 aliphatic heterocycles. The van der Waals surface area contributed by atoms with E-state index in [1.165, 1.54) is 25.6 Å². The van der Waals surface area contributed by atoms with Crippen LogP contribution >= 0.6 is 0 Å². The molecule has 0 radical (unpaired) electrons. The van der Waals surface area contributed by atoms with Crippen LogP contribution in [0.2, 0.25) is 0 Å². The number of hydrogen-bond acceptors (Lipinski definition) is 8. The molecule has 4 N–H and O–H groups in total. The molecule has 1 aliphatic carbocycles. The Morgan fingerprint density at radius 1 is 1.18 bits per heavy atom. The van der Waals surface area contributed by atoms with Crippen molar-refractivity contribution in [3.8, 4) is 5.75 Å². The first-order valence-corrected chi connectivity index (χ1v) is 7.97. The van der Waals surface area contributed by atoms with Crippen LogP contribution in [-0.4, -0.2) is 43.1 Å². The summed E-state index contributed by atoms with van der Waals surface area (Å²) in [6, 6.07) is 2.98. The summed E-state index contributed by atoms with van der Waals surface area (Å²) < 4.78 is 5.32. The first-order chi connectivity index (χ1) is 12.9. The molecule has 0 unspecified atom stereocenters. The number of allylic oxidation sites excluding steroid dienone is 5. The highest BCUT2D eigenvalue weighted by Gasteiger charge is 2.32. The van der Waals surface area contributed by atoms with Crippen LogP contribution in [0, 0.1) is 5.41 Å². The van der Waals surface area contributed by atoms with Crippen molar-refractivity contribution >= 4 is 11.3 Å². The molecule has 0 bridgehead atoms. The highest BCUT2D eigenvalue weighted by molar-refractivity contribution is 6.14. The van der Waals surface area contributed by atoms with Gasteiger partial charge in [-0.25, -0.2) is 15.0 Å². The monoisotopic (exact) mass is 382 g/mol. The fourth-order valence-corrected chi connectivity index (χ4v) is 2.50. The molecule has 8 nitrogen and oxygen atoms in total. The highest BCUT2D eigenvalue weighted by Crippen LogP contribution is 2.32. The van der Waals surface area contributed by atoms with Crippen LogP contribution in [0.5, 0.6) is 5.75 Å². The van der Waals surface area contributed by atoms with Crippen LogP contribution in [0.25, 0.3) is 5.57 Å². The smallest absolute Gasteiger partial charge is 0.237 e. The average molecular weight is 382 g/mol. The van der Waals surface area contributed by atoms with E-state index in [0.717, 1.165) is 0 Å². The number of hydrogen-bond donors (Lipinski definition) is 4. The maximum absolute atomic E-state index is 10.6. The standard InChI is InChI=1S/C19H18N4O4.CH4/c1-11-3-4-12(7-14(11)20)18-15(27-2)5-6-16(23-18)19(25,26)13-8-21-17(10-24)22-9-13;/h3-9,20,24-26H,1,10H2,2H3;1H4. The SMILES string of the molecule is C.C=C1C=CC(c2nc(C(O)(O)c3cnc(CO)nc3)ccc2OC)=CC1=N. The Balaban J connectivity index is 0.00000280. The lowest BCUT2D eigenvalue weighted by molar-refractivity contribution is -0.135. The van der Waals surface area contributed by atoms with E-state index in [9.17, 15) is 10.2 Å². The van der Waals surface area contributed by atoms with E-state index in [2.05, 4.69) is 21.5 Å². The van der Waals surface area contributed by atoms with Crippen LogP contribution in [-0.2, 0) is 12.4 Å². The van der Waals surface area contributed by atoms with E-state index < -0.39 is 5.79 Å². The van der Waals surface area contributed by atoms with Crippen molar-refractivity contribution in [1.82, 2.24) is 15.0 Å². The Hall–Kier alpha value is -3.20. The van der Waals surface area contributed by atoms with Gasteiger partial charge in [0, 0.05) is 18.0 Å². The maximum Gasteiger partial charge on any atom is 0.237 e. The third-order valence-electron chi connectivity index (χ3n) is 4.07. The number of nitrogens with zero attached hydrogens (tertiary/aromatic N) is 3. The summed E-state index contributed by atoms with van der Waals surface area (Å²) in [4.78, 5) is 12.1. The first-order valence-electron chi connectivity index (χ1n) is 7.97. The normalized spacial score (nSPS) is 13.8. The second kappa shape index (κ2) is 8.22. The molecule has 0 spiro atoms. The van der Waals surface area contributed by atoms with Crippen LogP contribution < -0.4 is 4.74 Å². The molecule has 2 heterocycles. The lowest BCUT2D eigenvalue weighted by Gasteiger charge is -2.22. The Kier molecular flexibility index (Phi) is 6.19. The summed E-state index contributed by atoms with van der Waals surface area (Å²) in [7, 11) is 1.48. The van der Waals surface area contributed by atoms with Crippen molar-refractivity contribution in [3.63, 3.8) is 0 Å². The molecule has 0 amide bonds. The van der Waals surface area contributed by atoms with Crippen molar-refractivity contribution in [2.24, 2.45) is 0 Å². The van der Waals surface area contributed by atoms with Gasteiger partial charge in [-0.15, -0.1) is 0 Å². The van der Waals surface area contributed by atoms with Crippen molar-refractivity contribution < 1.29 is 20.1 Å². The van der Waals surface area contributed by atoms with E-state index in [1.807, 2.05) is 0 Å². The van der Waals surface area contributed by atoms with Gasteiger partial charge in [-0.3, -0.25) is 0 Å². The van der Waals surface area contributed by atoms with Gasteiger partial charge in [-0.05, 0) is 23.8 Å². The number of pyridine rings is 1. The lowest BCUT2D eigenvalue weighted by Crippen LogP contribution is -2.29. The second-order valence-corrected chi connectivity index (χ2v) is 5.84. The van der Waals surface area contributed by atoms with Gasteiger partial charge in [0.25, 0.3) is 0 Å². The molecule has 28 heavy (non-hydrogen) atoms. The number of aliphatic hydroxyl groups excluding tert-OH is 1. The van der Waals surface area contributed by atoms with Gasteiger partial charge < -0.3 is 25.5 Å². The molecule has 146 valence electrons. The molecule has 0 atom stereocenters. The van der Waals surface area contributed by atoms with Crippen molar-refractivity contribution in [1.29, 1.82) is 5.41 Å². The Bertz CT molecular complexity index is 963. The third-order valence-corrected chi connectivity index (χ3v) is 4.07. The van der Waals surface area contributed by atoms with Gasteiger partial charge in [0.15, 0.2) is 5.82 Å². The largest absolute Gasteiger partial charge is 0.494 e. The molecule has 8 heteroatoms. The van der Waals surface area contributed by atoms with Crippen LogP contribution in [0.15, 0.2) is 54.9 Å². The number of aromatic nitrogens is 3. The van der Waals surface area contributed by atoms with Gasteiger partial charge in [0.2, 0.25) is 5.79 Å². The van der Waals surface area contributed by atoms with E-state index in [-0.39, 0.29) is 36.8 Å². The number of ether oxygens (including phenoxy) is 1. The minimum absolute atomic E-state index is 0. The van der Waals surface area contributed by atoms with E-state index in [4.69, 9.17) is 15.3 Å². The number of methoxy groups -OCH3 is 1. The molecule has 0 saturated carbocycles. The predicted octanol–water partition coefficient (Wildman–Crippen LogP) is 1.72. The first kappa shape index (κ1) is 21.1. The summed E-state index contributed by atoms with van der Waals surface area (Å²) in [6.45, 7) is 3.40. The van der Waals surface area contributed by atoms with Gasteiger partial charge in [-0.2, -0.15) is 0 Å². The molecule has 0 saturated heterocycles. The van der Waals surface area contributed by atoms with Gasteiger partial charge in [0.05, 0.1) is 18.4 Å². The number of aliphatic hydroxyl groups is 3. The minimum Gasteiger partial charge on any atom is -0.494 e. The summed E-state index contributed by atoms with van der Waals surface area (Å²) in [6.07, 6.45) is 7.41. The molecular weight excluding hydrogens is 360 g/mol. The fraction of sp³-hybridized carbons (Fsp3) is 0.200. The minimum atomic E-state index is -2.45. The molecule has 1 aliphatic rings. The van der Waals surface area contributed by atoms with E-state index >= 15 is 0 Å². The predicted molar refractivity (Wildman–Crippen MR) is 105 cm³/mol. The number of nitrogens with one attached hydrogen (secondary N) is 1. The second-order valence-electron chi connectivity index (χ2n) is 5.84. The van der Waals surface area contributed by atoms with Crippen LogP contribution in [0.1, 0.15) is 30.2 Å². The highest BCUT2D eigenvalue weighted by atomic mass is 16.5. The zero-order valence-electron chi connectivity index (χ0n) is 14.5. The molecule has 0 aromatic carbocycles. The third kappa shape index (κ3) is 3.89. The van der Waals surface area contributed by atoms with Gasteiger partial charge in [0.1, 0.15) is 23.7 Å². The van der Waals surface area contributed by atoms with E-state index in [0.29, 0.717) is 22.6 Å². The van der Waals surface area contributed by atoms with Crippen molar-refractivity contribution in [2.45, 2.75) is 19.8 Å². The van der Waals surface area contributed by atoms with Crippen molar-refractivity contribution in [2.75, 3.05) is 7.11 Å². The maximum atomic E-state index is 10.6. The summed E-state index contributed by atoms with van der Waals surface area (Å²) >= 11 is 0. The zero-order chi connectivity index (χ0) is 19.6. The molecule has 2 aromatic heterocycles. The Morgan fingerprint density at radius 2 is 1.86 bits per heavy atom. The molecule has 2 aromatic rings. The van der Waals surface area contributed by atoms with Crippen LogP contribution in [0.4, 0.5) is 0 Å². The van der Waals surface area contributed by atoms with Gasteiger partial charge >= 0.3 is 0 Å².